The third-order valence-corrected chi connectivity index (χ3v) is 2.75. The number of aryl methyl sites for hydroxylation is 2. The molecule has 2 nitrogen and oxygen atoms in total. The molecule has 0 spiro atoms. The van der Waals surface area contributed by atoms with E-state index in [-0.39, 0.29) is 6.54 Å². The molecule has 1 heterocycles. The zero-order valence-corrected chi connectivity index (χ0v) is 8.35. The fraction of sp³-hybridized carbons (Fsp3) is 0.700. The Hall–Kier alpha value is -1.00. The lowest BCUT2D eigenvalue weighted by Gasteiger charge is -2.14. The van der Waals surface area contributed by atoms with E-state index in [4.69, 9.17) is 0 Å². The molecular weight excluding hydrogens is 205 g/mol. The van der Waals surface area contributed by atoms with E-state index in [0.717, 1.165) is 37.1 Å². The normalized spacial score (nSPS) is 16.5. The molecule has 2 rings (SSSR count). The van der Waals surface area contributed by atoms with Crippen molar-refractivity contribution in [2.75, 3.05) is 0 Å². The maximum absolute atomic E-state index is 12.0. The Balaban J connectivity index is 2.06. The summed E-state index contributed by atoms with van der Waals surface area (Å²) in [6.07, 6.45) is 0.638. The van der Waals surface area contributed by atoms with E-state index in [1.54, 1.807) is 10.9 Å². The first-order valence-electron chi connectivity index (χ1n) is 5.16. The first-order chi connectivity index (χ1) is 7.06. The second kappa shape index (κ2) is 3.87. The number of alkyl halides is 3. The number of aromatic nitrogens is 2. The highest BCUT2D eigenvalue weighted by Gasteiger charge is 2.27. The van der Waals surface area contributed by atoms with Gasteiger partial charge in [0.1, 0.15) is 0 Å². The molecule has 84 valence electrons. The molecule has 0 unspecified atom stereocenters. The summed E-state index contributed by atoms with van der Waals surface area (Å²) in [6.45, 7) is 0.00579. The van der Waals surface area contributed by atoms with E-state index < -0.39 is 12.6 Å². The lowest BCUT2D eigenvalue weighted by molar-refractivity contribution is -0.136. The molecule has 0 aromatic carbocycles. The van der Waals surface area contributed by atoms with Crippen molar-refractivity contribution in [3.8, 4) is 0 Å². The molecule has 0 fully saturated rings. The number of halogens is 3. The van der Waals surface area contributed by atoms with Crippen molar-refractivity contribution in [3.05, 3.63) is 17.7 Å². The lowest BCUT2D eigenvalue weighted by atomic mass is 10.0. The Morgan fingerprint density at radius 2 is 2.00 bits per heavy atom. The highest BCUT2D eigenvalue weighted by atomic mass is 19.4. The second-order valence-corrected chi connectivity index (χ2v) is 3.90. The largest absolute Gasteiger partial charge is 0.390 e. The van der Waals surface area contributed by atoms with Crippen LogP contribution in [0.2, 0.25) is 0 Å². The summed E-state index contributed by atoms with van der Waals surface area (Å²) in [5.41, 5.74) is 1.99. The van der Waals surface area contributed by atoms with Gasteiger partial charge in [-0.3, -0.25) is 0 Å². The van der Waals surface area contributed by atoms with E-state index in [1.807, 2.05) is 0 Å². The Bertz CT molecular complexity index is 341. The Labute approximate surface area is 86.1 Å². The smallest absolute Gasteiger partial charge is 0.334 e. The minimum atomic E-state index is -4.08. The molecule has 0 bridgehead atoms. The fourth-order valence-electron chi connectivity index (χ4n) is 1.97. The quantitative estimate of drug-likeness (QED) is 0.746. The first kappa shape index (κ1) is 10.5. The molecule has 1 aromatic heterocycles. The van der Waals surface area contributed by atoms with Crippen LogP contribution in [0, 0.1) is 0 Å². The van der Waals surface area contributed by atoms with Crippen LogP contribution in [0.1, 0.15) is 30.7 Å². The molecule has 15 heavy (non-hydrogen) atoms. The molecule has 5 heteroatoms. The van der Waals surface area contributed by atoms with Crippen molar-refractivity contribution in [3.63, 3.8) is 0 Å². The molecule has 1 aliphatic rings. The molecule has 1 aromatic rings. The maximum atomic E-state index is 12.0. The SMILES string of the molecule is FC(F)(F)CCn1cnc2c1CCCC2. The number of hydrogen-bond acceptors (Lipinski definition) is 1. The number of rotatable bonds is 2. The minimum Gasteiger partial charge on any atom is -0.334 e. The number of hydrogen-bond donors (Lipinski definition) is 0. The number of imidazole rings is 1. The number of fused-ring (bicyclic) bond motifs is 1. The summed E-state index contributed by atoms with van der Waals surface area (Å²) in [5, 5.41) is 0. The van der Waals surface area contributed by atoms with E-state index in [0.29, 0.717) is 0 Å². The summed E-state index contributed by atoms with van der Waals surface area (Å²) in [6, 6.07) is 0. The Morgan fingerprint density at radius 3 is 2.73 bits per heavy atom. The van der Waals surface area contributed by atoms with Gasteiger partial charge in [-0.05, 0) is 25.7 Å². The highest BCUT2D eigenvalue weighted by Crippen LogP contribution is 2.24. The zero-order valence-electron chi connectivity index (χ0n) is 8.35. The van der Waals surface area contributed by atoms with Crippen molar-refractivity contribution < 1.29 is 13.2 Å². The van der Waals surface area contributed by atoms with Gasteiger partial charge in [-0.15, -0.1) is 0 Å². The van der Waals surface area contributed by atoms with Crippen LogP contribution in [0.4, 0.5) is 13.2 Å². The molecule has 0 radical (unpaired) electrons. The molecule has 0 aliphatic heterocycles. The average Bonchev–Trinajstić information content (AvgIpc) is 2.57. The van der Waals surface area contributed by atoms with E-state index in [9.17, 15) is 13.2 Å². The van der Waals surface area contributed by atoms with Gasteiger partial charge in [-0.2, -0.15) is 13.2 Å². The van der Waals surface area contributed by atoms with Gasteiger partial charge in [-0.25, -0.2) is 4.98 Å². The molecule has 1 aliphatic carbocycles. The fourth-order valence-corrected chi connectivity index (χ4v) is 1.97. The summed E-state index contributed by atoms with van der Waals surface area (Å²) < 4.78 is 37.8. The zero-order chi connectivity index (χ0) is 10.9. The topological polar surface area (TPSA) is 17.8 Å². The van der Waals surface area contributed by atoms with Crippen LogP contribution in [-0.4, -0.2) is 15.7 Å². The highest BCUT2D eigenvalue weighted by molar-refractivity contribution is 5.16. The third-order valence-electron chi connectivity index (χ3n) is 2.75. The maximum Gasteiger partial charge on any atom is 0.390 e. The molecule has 0 saturated heterocycles. The van der Waals surface area contributed by atoms with Crippen molar-refractivity contribution in [2.24, 2.45) is 0 Å². The van der Waals surface area contributed by atoms with Gasteiger partial charge >= 0.3 is 6.18 Å². The molecular formula is C10H13F3N2. The monoisotopic (exact) mass is 218 g/mol. The van der Waals surface area contributed by atoms with Crippen LogP contribution in [-0.2, 0) is 19.4 Å². The van der Waals surface area contributed by atoms with Gasteiger partial charge in [0.15, 0.2) is 0 Å². The Morgan fingerprint density at radius 1 is 1.27 bits per heavy atom. The van der Waals surface area contributed by atoms with E-state index in [1.165, 1.54) is 0 Å². The van der Waals surface area contributed by atoms with Crippen LogP contribution >= 0.6 is 0 Å². The van der Waals surface area contributed by atoms with E-state index in [2.05, 4.69) is 4.98 Å². The Kier molecular flexibility index (Phi) is 2.71. The molecule has 0 atom stereocenters. The predicted molar refractivity (Wildman–Crippen MR) is 49.5 cm³/mol. The van der Waals surface area contributed by atoms with Crippen molar-refractivity contribution in [2.45, 2.75) is 44.8 Å². The first-order valence-corrected chi connectivity index (χ1v) is 5.16. The third kappa shape index (κ3) is 2.52. The average molecular weight is 218 g/mol. The second-order valence-electron chi connectivity index (χ2n) is 3.90. The van der Waals surface area contributed by atoms with Gasteiger partial charge in [0.25, 0.3) is 0 Å². The van der Waals surface area contributed by atoms with Crippen molar-refractivity contribution in [1.29, 1.82) is 0 Å². The van der Waals surface area contributed by atoms with Crippen LogP contribution in [0.5, 0.6) is 0 Å². The van der Waals surface area contributed by atoms with Crippen LogP contribution in [0.25, 0.3) is 0 Å². The summed E-state index contributed by atoms with van der Waals surface area (Å²) in [5.74, 6) is 0. The standard InChI is InChI=1S/C10H13F3N2/c11-10(12,13)5-6-15-7-14-8-3-1-2-4-9(8)15/h7H,1-6H2. The van der Waals surface area contributed by atoms with Gasteiger partial charge < -0.3 is 4.57 Å². The van der Waals surface area contributed by atoms with Gasteiger partial charge in [0.05, 0.1) is 18.4 Å². The number of nitrogens with zero attached hydrogens (tertiary/aromatic N) is 2. The lowest BCUT2D eigenvalue weighted by Crippen LogP contribution is -2.14. The van der Waals surface area contributed by atoms with E-state index >= 15 is 0 Å². The van der Waals surface area contributed by atoms with Gasteiger partial charge in [0.2, 0.25) is 0 Å². The molecule has 0 amide bonds. The van der Waals surface area contributed by atoms with Crippen LogP contribution < -0.4 is 0 Å². The van der Waals surface area contributed by atoms with Gasteiger partial charge in [0, 0.05) is 12.2 Å². The van der Waals surface area contributed by atoms with Gasteiger partial charge in [-0.1, -0.05) is 0 Å². The summed E-state index contributed by atoms with van der Waals surface area (Å²) in [7, 11) is 0. The molecule has 0 N–H and O–H groups in total. The van der Waals surface area contributed by atoms with Crippen molar-refractivity contribution in [1.82, 2.24) is 9.55 Å². The minimum absolute atomic E-state index is 0.00579. The van der Waals surface area contributed by atoms with Crippen LogP contribution in [0.3, 0.4) is 0 Å². The predicted octanol–water partition coefficient (Wildman–Crippen LogP) is 2.71. The van der Waals surface area contributed by atoms with Crippen LogP contribution in [0.15, 0.2) is 6.33 Å². The molecule has 0 saturated carbocycles. The summed E-state index contributed by atoms with van der Waals surface area (Å²) in [4.78, 5) is 4.15. The van der Waals surface area contributed by atoms with Crippen molar-refractivity contribution >= 4 is 0 Å². The summed E-state index contributed by atoms with van der Waals surface area (Å²) >= 11 is 0.